The zero-order valence-electron chi connectivity index (χ0n) is 14.6. The summed E-state index contributed by atoms with van der Waals surface area (Å²) in [5.74, 6) is 1.54. The van der Waals surface area contributed by atoms with E-state index in [1.807, 2.05) is 4.90 Å². The lowest BCUT2D eigenvalue weighted by Crippen LogP contribution is -2.56. The van der Waals surface area contributed by atoms with E-state index in [2.05, 4.69) is 26.7 Å². The van der Waals surface area contributed by atoms with Crippen molar-refractivity contribution in [3.05, 3.63) is 12.3 Å². The number of anilines is 1. The van der Waals surface area contributed by atoms with Crippen LogP contribution in [-0.2, 0) is 4.79 Å². The third kappa shape index (κ3) is 3.61. The van der Waals surface area contributed by atoms with Gasteiger partial charge >= 0.3 is 0 Å². The van der Waals surface area contributed by atoms with Gasteiger partial charge in [-0.15, -0.1) is 0 Å². The molecule has 0 aliphatic carbocycles. The molecule has 3 heterocycles. The molecule has 0 unspecified atom stereocenters. The summed E-state index contributed by atoms with van der Waals surface area (Å²) in [4.78, 5) is 28.0. The Kier molecular flexibility index (Phi) is 5.50. The highest BCUT2D eigenvalue weighted by Gasteiger charge is 2.32. The molecule has 1 amide bonds. The van der Waals surface area contributed by atoms with Crippen molar-refractivity contribution in [2.45, 2.75) is 32.2 Å². The van der Waals surface area contributed by atoms with Crippen molar-refractivity contribution in [3.8, 4) is 5.88 Å². The number of likely N-dealkylation sites (N-methyl/N-ethyl adjacent to an activating group) is 1. The van der Waals surface area contributed by atoms with E-state index in [4.69, 9.17) is 4.74 Å². The first kappa shape index (κ1) is 17.0. The lowest BCUT2D eigenvalue weighted by atomic mass is 10.0. The van der Waals surface area contributed by atoms with Gasteiger partial charge in [0, 0.05) is 38.4 Å². The van der Waals surface area contributed by atoms with E-state index in [0.29, 0.717) is 17.7 Å². The lowest BCUT2D eigenvalue weighted by molar-refractivity contribution is -0.138. The smallest absolute Gasteiger partial charge is 0.240 e. The van der Waals surface area contributed by atoms with E-state index in [9.17, 15) is 4.79 Å². The van der Waals surface area contributed by atoms with Gasteiger partial charge in [-0.2, -0.15) is 4.98 Å². The number of rotatable bonds is 4. The summed E-state index contributed by atoms with van der Waals surface area (Å²) in [5.41, 5.74) is 0. The number of methoxy groups -OCH3 is 1. The summed E-state index contributed by atoms with van der Waals surface area (Å²) in [5, 5.41) is 0. The average Bonchev–Trinajstić information content (AvgIpc) is 2.67. The number of hydrogen-bond donors (Lipinski definition) is 0. The van der Waals surface area contributed by atoms with Crippen molar-refractivity contribution in [3.63, 3.8) is 0 Å². The number of aromatic nitrogens is 2. The van der Waals surface area contributed by atoms with Crippen molar-refractivity contribution in [1.29, 1.82) is 0 Å². The van der Waals surface area contributed by atoms with Gasteiger partial charge in [-0.3, -0.25) is 9.69 Å². The molecule has 2 fully saturated rings. The number of carbonyl (C=O) groups is 1. The minimum atomic E-state index is 0.0726. The highest BCUT2D eigenvalue weighted by molar-refractivity contribution is 5.82. The predicted octanol–water partition coefficient (Wildman–Crippen LogP) is 1.01. The first-order valence-corrected chi connectivity index (χ1v) is 8.87. The summed E-state index contributed by atoms with van der Waals surface area (Å²) in [6.07, 6.45) is 5.06. The van der Waals surface area contributed by atoms with Crippen molar-refractivity contribution >= 4 is 11.9 Å². The molecule has 3 rings (SSSR count). The van der Waals surface area contributed by atoms with E-state index in [1.165, 1.54) is 6.42 Å². The molecule has 2 aliphatic rings. The fraction of sp³-hybridized carbons (Fsp3) is 0.706. The summed E-state index contributed by atoms with van der Waals surface area (Å²) in [6.45, 7) is 7.12. The molecule has 1 atom stereocenters. The molecule has 2 aliphatic heterocycles. The Bertz CT molecular complexity index is 560. The van der Waals surface area contributed by atoms with Crippen LogP contribution in [0.15, 0.2) is 12.3 Å². The summed E-state index contributed by atoms with van der Waals surface area (Å²) in [6, 6.07) is 1.81. The average molecular weight is 333 g/mol. The van der Waals surface area contributed by atoms with E-state index in [0.717, 1.165) is 52.1 Å². The van der Waals surface area contributed by atoms with Gasteiger partial charge in [0.25, 0.3) is 0 Å². The Balaban J connectivity index is 1.59. The van der Waals surface area contributed by atoms with Crippen molar-refractivity contribution in [1.82, 2.24) is 19.8 Å². The molecule has 0 aromatic carbocycles. The Morgan fingerprint density at radius 3 is 2.75 bits per heavy atom. The first-order valence-electron chi connectivity index (χ1n) is 8.87. The van der Waals surface area contributed by atoms with Crippen LogP contribution in [0.4, 0.5) is 5.95 Å². The second-order valence-corrected chi connectivity index (χ2v) is 6.35. The van der Waals surface area contributed by atoms with Crippen LogP contribution in [0.2, 0.25) is 0 Å². The van der Waals surface area contributed by atoms with Crippen LogP contribution in [0.5, 0.6) is 5.88 Å². The van der Waals surface area contributed by atoms with Crippen LogP contribution in [-0.4, -0.2) is 78.1 Å². The Morgan fingerprint density at radius 2 is 2.04 bits per heavy atom. The number of likely N-dealkylation sites (tertiary alicyclic amines) is 1. The van der Waals surface area contributed by atoms with Gasteiger partial charge in [-0.1, -0.05) is 13.3 Å². The minimum absolute atomic E-state index is 0.0726. The van der Waals surface area contributed by atoms with E-state index in [1.54, 1.807) is 19.4 Å². The van der Waals surface area contributed by atoms with Gasteiger partial charge in [0.15, 0.2) is 0 Å². The Morgan fingerprint density at radius 1 is 1.25 bits per heavy atom. The number of nitrogens with zero attached hydrogens (tertiary/aromatic N) is 5. The largest absolute Gasteiger partial charge is 0.481 e. The van der Waals surface area contributed by atoms with E-state index < -0.39 is 0 Å². The van der Waals surface area contributed by atoms with Crippen LogP contribution in [0, 0.1) is 0 Å². The van der Waals surface area contributed by atoms with Crippen LogP contribution in [0.1, 0.15) is 26.2 Å². The maximum absolute atomic E-state index is 12.9. The fourth-order valence-corrected chi connectivity index (χ4v) is 3.59. The molecular formula is C17H27N5O2. The predicted molar refractivity (Wildman–Crippen MR) is 92.3 cm³/mol. The quantitative estimate of drug-likeness (QED) is 0.819. The van der Waals surface area contributed by atoms with E-state index in [-0.39, 0.29) is 6.04 Å². The SMILES string of the molecule is CCN1CCCC[C@@H]1C(=O)N1CCN(c2nccc(OC)n2)CC1. The molecule has 1 aromatic rings. The zero-order chi connectivity index (χ0) is 16.9. The minimum Gasteiger partial charge on any atom is -0.481 e. The van der Waals surface area contributed by atoms with Crippen molar-refractivity contribution in [2.24, 2.45) is 0 Å². The normalized spacial score (nSPS) is 22.5. The number of piperidine rings is 1. The molecule has 0 spiro atoms. The number of carbonyl (C=O) groups excluding carboxylic acids is 1. The van der Waals surface area contributed by atoms with Gasteiger partial charge in [0.05, 0.1) is 13.2 Å². The monoisotopic (exact) mass is 333 g/mol. The third-order valence-corrected chi connectivity index (χ3v) is 5.01. The van der Waals surface area contributed by atoms with Crippen LogP contribution in [0.25, 0.3) is 0 Å². The maximum Gasteiger partial charge on any atom is 0.240 e. The number of ether oxygens (including phenoxy) is 1. The Labute approximate surface area is 143 Å². The summed E-state index contributed by atoms with van der Waals surface area (Å²) < 4.78 is 5.16. The number of hydrogen-bond acceptors (Lipinski definition) is 6. The standard InChI is InChI=1S/C17H27N5O2/c1-3-20-9-5-4-6-14(20)16(23)21-10-12-22(13-11-21)17-18-8-7-15(19-17)24-2/h7-8,14H,3-6,9-13H2,1-2H3/t14-/m1/s1. The summed E-state index contributed by atoms with van der Waals surface area (Å²) in [7, 11) is 1.60. The van der Waals surface area contributed by atoms with Gasteiger partial charge < -0.3 is 14.5 Å². The molecule has 0 N–H and O–H groups in total. The van der Waals surface area contributed by atoms with Gasteiger partial charge in [-0.05, 0) is 25.9 Å². The third-order valence-electron chi connectivity index (χ3n) is 5.01. The van der Waals surface area contributed by atoms with Crippen LogP contribution >= 0.6 is 0 Å². The van der Waals surface area contributed by atoms with Crippen LogP contribution in [0.3, 0.4) is 0 Å². The maximum atomic E-state index is 12.9. The topological polar surface area (TPSA) is 61.8 Å². The zero-order valence-corrected chi connectivity index (χ0v) is 14.6. The molecule has 2 saturated heterocycles. The number of piperazine rings is 1. The first-order chi connectivity index (χ1) is 11.7. The fourth-order valence-electron chi connectivity index (χ4n) is 3.59. The molecular weight excluding hydrogens is 306 g/mol. The second kappa shape index (κ2) is 7.79. The van der Waals surface area contributed by atoms with Crippen molar-refractivity contribution in [2.75, 3.05) is 51.3 Å². The molecule has 0 saturated carbocycles. The highest BCUT2D eigenvalue weighted by atomic mass is 16.5. The van der Waals surface area contributed by atoms with Gasteiger partial charge in [0.2, 0.25) is 17.7 Å². The van der Waals surface area contributed by atoms with E-state index >= 15 is 0 Å². The number of amides is 1. The molecule has 132 valence electrons. The summed E-state index contributed by atoms with van der Waals surface area (Å²) >= 11 is 0. The Hall–Kier alpha value is -1.89. The lowest BCUT2D eigenvalue weighted by Gasteiger charge is -2.40. The molecule has 7 heteroatoms. The molecule has 24 heavy (non-hydrogen) atoms. The van der Waals surface area contributed by atoms with Gasteiger partial charge in [-0.25, -0.2) is 4.98 Å². The van der Waals surface area contributed by atoms with Gasteiger partial charge in [0.1, 0.15) is 0 Å². The molecule has 0 radical (unpaired) electrons. The van der Waals surface area contributed by atoms with Crippen LogP contribution < -0.4 is 9.64 Å². The highest BCUT2D eigenvalue weighted by Crippen LogP contribution is 2.20. The molecule has 0 bridgehead atoms. The molecule has 7 nitrogen and oxygen atoms in total. The van der Waals surface area contributed by atoms with Crippen molar-refractivity contribution < 1.29 is 9.53 Å². The second-order valence-electron chi connectivity index (χ2n) is 6.35. The molecule has 1 aromatic heterocycles.